The third kappa shape index (κ3) is 3.74. The van der Waals surface area contributed by atoms with Crippen LogP contribution in [0.1, 0.15) is 29.7 Å². The molecule has 1 aliphatic heterocycles. The average molecular weight is 299 g/mol. The van der Waals surface area contributed by atoms with Crippen molar-refractivity contribution < 1.29 is 9.53 Å². The minimum absolute atomic E-state index is 0.0817. The van der Waals surface area contributed by atoms with Gasteiger partial charge in [0.1, 0.15) is 6.61 Å². The number of hydrogen-bond donors (Lipinski definition) is 1. The van der Waals surface area contributed by atoms with Gasteiger partial charge in [0.15, 0.2) is 0 Å². The van der Waals surface area contributed by atoms with E-state index in [-0.39, 0.29) is 12.5 Å². The van der Waals surface area contributed by atoms with Crippen molar-refractivity contribution in [2.75, 3.05) is 6.61 Å². The van der Waals surface area contributed by atoms with E-state index in [9.17, 15) is 4.79 Å². The van der Waals surface area contributed by atoms with E-state index in [1.165, 1.54) is 18.5 Å². The lowest BCUT2D eigenvalue weighted by atomic mass is 10.1. The van der Waals surface area contributed by atoms with E-state index in [1.54, 1.807) is 0 Å². The number of nitrogens with zero attached hydrogens (tertiary/aromatic N) is 2. The Kier molecular flexibility index (Phi) is 4.85. The van der Waals surface area contributed by atoms with Gasteiger partial charge in [0, 0.05) is 24.3 Å². The molecule has 0 aliphatic carbocycles. The molecule has 22 heavy (non-hydrogen) atoms. The predicted octanol–water partition coefficient (Wildman–Crippen LogP) is 2.05. The molecule has 2 heterocycles. The fraction of sp³-hybridized carbons (Fsp3) is 0.412. The van der Waals surface area contributed by atoms with E-state index < -0.39 is 0 Å². The van der Waals surface area contributed by atoms with Gasteiger partial charge in [0.25, 0.3) is 0 Å². The highest BCUT2D eigenvalue weighted by Gasteiger charge is 2.14. The number of ether oxygens (including phenoxy) is 1. The fourth-order valence-electron chi connectivity index (χ4n) is 2.71. The summed E-state index contributed by atoms with van der Waals surface area (Å²) in [6.45, 7) is 2.06. The molecule has 0 atom stereocenters. The summed E-state index contributed by atoms with van der Waals surface area (Å²) in [7, 11) is 0. The summed E-state index contributed by atoms with van der Waals surface area (Å²) in [5.41, 5.74) is 3.45. The lowest BCUT2D eigenvalue weighted by molar-refractivity contribution is -0.126. The molecule has 3 rings (SSSR count). The van der Waals surface area contributed by atoms with E-state index in [0.717, 1.165) is 24.1 Å². The Morgan fingerprint density at radius 2 is 2.14 bits per heavy atom. The van der Waals surface area contributed by atoms with Crippen molar-refractivity contribution in [2.24, 2.45) is 0 Å². The molecule has 0 saturated carbocycles. The monoisotopic (exact) mass is 299 g/mol. The topological polar surface area (TPSA) is 56.1 Å². The van der Waals surface area contributed by atoms with Gasteiger partial charge in [0.2, 0.25) is 5.91 Å². The summed E-state index contributed by atoms with van der Waals surface area (Å²) in [6.07, 6.45) is 5.31. The van der Waals surface area contributed by atoms with Crippen molar-refractivity contribution in [3.63, 3.8) is 0 Å². The Labute approximate surface area is 130 Å². The van der Waals surface area contributed by atoms with Crippen molar-refractivity contribution in [3.05, 3.63) is 53.3 Å². The Bertz CT molecular complexity index is 622. The van der Waals surface area contributed by atoms with Crippen LogP contribution in [0, 0.1) is 0 Å². The number of aryl methyl sites for hydroxylation is 1. The van der Waals surface area contributed by atoms with Gasteiger partial charge in [-0.2, -0.15) is 5.10 Å². The third-order valence-electron chi connectivity index (χ3n) is 3.89. The summed E-state index contributed by atoms with van der Waals surface area (Å²) in [6, 6.07) is 9.85. The maximum Gasteiger partial charge on any atom is 0.246 e. The van der Waals surface area contributed by atoms with E-state index >= 15 is 0 Å². The van der Waals surface area contributed by atoms with Crippen LogP contribution in [0.5, 0.6) is 0 Å². The maximum absolute atomic E-state index is 11.8. The molecular formula is C17H21N3O2. The van der Waals surface area contributed by atoms with Gasteiger partial charge in [-0.1, -0.05) is 30.3 Å². The zero-order valence-electron chi connectivity index (χ0n) is 12.6. The zero-order valence-corrected chi connectivity index (χ0v) is 12.6. The molecule has 0 radical (unpaired) electrons. The third-order valence-corrected chi connectivity index (χ3v) is 3.89. The van der Waals surface area contributed by atoms with E-state index in [2.05, 4.69) is 15.1 Å². The van der Waals surface area contributed by atoms with Gasteiger partial charge >= 0.3 is 0 Å². The lowest BCUT2D eigenvalue weighted by Crippen LogP contribution is -2.27. The van der Waals surface area contributed by atoms with Gasteiger partial charge in [-0.25, -0.2) is 0 Å². The number of rotatable bonds is 6. The number of hydrogen-bond acceptors (Lipinski definition) is 3. The van der Waals surface area contributed by atoms with Crippen LogP contribution in [0.15, 0.2) is 36.5 Å². The summed E-state index contributed by atoms with van der Waals surface area (Å²) in [5.74, 6) is -0.0910. The smallest absolute Gasteiger partial charge is 0.246 e. The van der Waals surface area contributed by atoms with Crippen LogP contribution in [0.2, 0.25) is 0 Å². The molecule has 1 amide bonds. The first-order valence-corrected chi connectivity index (χ1v) is 7.75. The standard InChI is InChI=1S/C17H21N3O2/c21-17(13-22-12-14-6-2-1-3-7-14)18-10-15-11-19-20-9-5-4-8-16(15)20/h1-3,6-7,11H,4-5,8-10,12-13H2,(H,18,21). The van der Waals surface area contributed by atoms with E-state index in [4.69, 9.17) is 4.74 Å². The Morgan fingerprint density at radius 3 is 3.00 bits per heavy atom. The number of fused-ring (bicyclic) bond motifs is 1. The van der Waals surface area contributed by atoms with Gasteiger partial charge in [-0.3, -0.25) is 9.48 Å². The summed E-state index contributed by atoms with van der Waals surface area (Å²) >= 11 is 0. The van der Waals surface area contributed by atoms with Crippen molar-refractivity contribution >= 4 is 5.91 Å². The molecular weight excluding hydrogens is 278 g/mol. The highest BCUT2D eigenvalue weighted by molar-refractivity contribution is 5.77. The number of carbonyl (C=O) groups excluding carboxylic acids is 1. The van der Waals surface area contributed by atoms with Crippen LogP contribution in [-0.2, 0) is 35.6 Å². The largest absolute Gasteiger partial charge is 0.367 e. The van der Waals surface area contributed by atoms with Crippen LogP contribution in [0.25, 0.3) is 0 Å². The van der Waals surface area contributed by atoms with Crippen LogP contribution in [0.3, 0.4) is 0 Å². The van der Waals surface area contributed by atoms with Gasteiger partial charge in [-0.05, 0) is 24.8 Å². The number of aromatic nitrogens is 2. The van der Waals surface area contributed by atoms with Crippen molar-refractivity contribution in [1.82, 2.24) is 15.1 Å². The summed E-state index contributed by atoms with van der Waals surface area (Å²) in [5, 5.41) is 7.27. The Morgan fingerprint density at radius 1 is 1.27 bits per heavy atom. The zero-order chi connectivity index (χ0) is 15.2. The summed E-state index contributed by atoms with van der Waals surface area (Å²) in [4.78, 5) is 11.8. The highest BCUT2D eigenvalue weighted by Crippen LogP contribution is 2.17. The molecule has 0 bridgehead atoms. The highest BCUT2D eigenvalue weighted by atomic mass is 16.5. The molecule has 0 spiro atoms. The minimum Gasteiger partial charge on any atom is -0.367 e. The summed E-state index contributed by atoms with van der Waals surface area (Å²) < 4.78 is 7.48. The number of benzene rings is 1. The second-order valence-electron chi connectivity index (χ2n) is 5.55. The first-order valence-electron chi connectivity index (χ1n) is 7.75. The first-order chi connectivity index (χ1) is 10.8. The fourth-order valence-corrected chi connectivity index (χ4v) is 2.71. The second kappa shape index (κ2) is 7.22. The molecule has 1 aromatic heterocycles. The molecule has 0 fully saturated rings. The van der Waals surface area contributed by atoms with E-state index in [1.807, 2.05) is 36.5 Å². The van der Waals surface area contributed by atoms with Crippen LogP contribution in [-0.4, -0.2) is 22.3 Å². The average Bonchev–Trinajstić information content (AvgIpc) is 2.97. The Hall–Kier alpha value is -2.14. The maximum atomic E-state index is 11.8. The minimum atomic E-state index is -0.0910. The van der Waals surface area contributed by atoms with Gasteiger partial charge in [0.05, 0.1) is 12.8 Å². The SMILES string of the molecule is O=C(COCc1ccccc1)NCc1cnn2c1CCCC2. The van der Waals surface area contributed by atoms with Crippen molar-refractivity contribution in [2.45, 2.75) is 39.0 Å². The van der Waals surface area contributed by atoms with Crippen LogP contribution in [0.4, 0.5) is 0 Å². The van der Waals surface area contributed by atoms with Crippen LogP contribution < -0.4 is 5.32 Å². The molecule has 0 unspecified atom stereocenters. The van der Waals surface area contributed by atoms with Crippen LogP contribution >= 0.6 is 0 Å². The number of carbonyl (C=O) groups is 1. The first kappa shape index (κ1) is 14.8. The molecule has 0 saturated heterocycles. The van der Waals surface area contributed by atoms with Gasteiger partial charge in [-0.15, -0.1) is 0 Å². The van der Waals surface area contributed by atoms with Gasteiger partial charge < -0.3 is 10.1 Å². The Balaban J connectivity index is 1.42. The predicted molar refractivity (Wildman–Crippen MR) is 83.1 cm³/mol. The molecule has 2 aromatic rings. The molecule has 1 N–H and O–H groups in total. The van der Waals surface area contributed by atoms with E-state index in [0.29, 0.717) is 13.2 Å². The normalized spacial score (nSPS) is 13.6. The van der Waals surface area contributed by atoms with Crippen molar-refractivity contribution in [1.29, 1.82) is 0 Å². The van der Waals surface area contributed by atoms with Crippen molar-refractivity contribution in [3.8, 4) is 0 Å². The molecule has 5 nitrogen and oxygen atoms in total. The quantitative estimate of drug-likeness (QED) is 0.888. The lowest BCUT2D eigenvalue weighted by Gasteiger charge is -2.15. The molecule has 5 heteroatoms. The number of nitrogens with one attached hydrogen (secondary N) is 1. The molecule has 1 aromatic carbocycles. The molecule has 116 valence electrons. The molecule has 1 aliphatic rings. The number of amides is 1. The second-order valence-corrected chi connectivity index (χ2v) is 5.55.